The molecule has 9 nitrogen and oxygen atoms in total. The number of rotatable bonds is 8. The molecule has 0 atom stereocenters. The molecule has 0 spiro atoms. The third-order valence-corrected chi connectivity index (χ3v) is 9.08. The lowest BCUT2D eigenvalue weighted by Gasteiger charge is -2.36. The maximum absolute atomic E-state index is 13.5. The van der Waals surface area contributed by atoms with E-state index >= 15 is 0 Å². The van der Waals surface area contributed by atoms with E-state index in [1.807, 2.05) is 54.6 Å². The van der Waals surface area contributed by atoms with E-state index in [9.17, 15) is 14.7 Å². The summed E-state index contributed by atoms with van der Waals surface area (Å²) in [4.78, 5) is 32.8. The van der Waals surface area contributed by atoms with Gasteiger partial charge >= 0.3 is 12.0 Å². The number of carbonyl (C=O) groups excluding carboxylic acids is 1. The molecular formula is C35H42N6O3. The minimum Gasteiger partial charge on any atom is -0.477 e. The molecule has 1 saturated heterocycles. The van der Waals surface area contributed by atoms with Crippen molar-refractivity contribution in [2.75, 3.05) is 60.2 Å². The first-order valence-electron chi connectivity index (χ1n) is 15.8. The van der Waals surface area contributed by atoms with Gasteiger partial charge in [0, 0.05) is 61.2 Å². The Morgan fingerprint density at radius 2 is 1.57 bits per heavy atom. The van der Waals surface area contributed by atoms with Crippen LogP contribution in [0.15, 0.2) is 72.8 Å². The predicted octanol–water partition coefficient (Wildman–Crippen LogP) is 6.88. The van der Waals surface area contributed by atoms with Crippen molar-refractivity contribution >= 4 is 45.7 Å². The third kappa shape index (κ3) is 6.24. The number of carboxylic acids is 1. The second-order valence-electron chi connectivity index (χ2n) is 11.9. The van der Waals surface area contributed by atoms with Crippen molar-refractivity contribution in [2.24, 2.45) is 0 Å². The van der Waals surface area contributed by atoms with Crippen molar-refractivity contribution < 1.29 is 14.7 Å². The van der Waals surface area contributed by atoms with Gasteiger partial charge in [-0.15, -0.1) is 0 Å². The Morgan fingerprint density at radius 1 is 0.864 bits per heavy atom. The molecule has 44 heavy (non-hydrogen) atoms. The van der Waals surface area contributed by atoms with Gasteiger partial charge in [0.25, 0.3) is 0 Å². The van der Waals surface area contributed by atoms with Crippen molar-refractivity contribution in [3.05, 3.63) is 78.5 Å². The summed E-state index contributed by atoms with van der Waals surface area (Å²) in [5, 5.41) is 17.0. The fourth-order valence-electron chi connectivity index (χ4n) is 6.73. The highest BCUT2D eigenvalue weighted by atomic mass is 16.4. The minimum absolute atomic E-state index is 0.175. The molecule has 1 aliphatic heterocycles. The number of likely N-dealkylation sites (N-methyl/N-ethyl adjacent to an activating group) is 1. The molecule has 2 fully saturated rings. The smallest absolute Gasteiger partial charge is 0.352 e. The number of carbonyl (C=O) groups is 2. The largest absolute Gasteiger partial charge is 0.477 e. The number of para-hydroxylation sites is 1. The molecule has 3 N–H and O–H groups in total. The Morgan fingerprint density at radius 3 is 2.27 bits per heavy atom. The van der Waals surface area contributed by atoms with E-state index in [0.717, 1.165) is 67.8 Å². The van der Waals surface area contributed by atoms with Crippen LogP contribution in [-0.4, -0.2) is 72.4 Å². The molecule has 0 radical (unpaired) electrons. The average molecular weight is 595 g/mol. The summed E-state index contributed by atoms with van der Waals surface area (Å²) >= 11 is 0. The summed E-state index contributed by atoms with van der Waals surface area (Å²) in [6, 6.07) is 23.3. The average Bonchev–Trinajstić information content (AvgIpc) is 3.44. The number of piperazine rings is 1. The van der Waals surface area contributed by atoms with Crippen LogP contribution in [-0.2, 0) is 0 Å². The van der Waals surface area contributed by atoms with Gasteiger partial charge in [-0.3, -0.25) is 0 Å². The zero-order valence-electron chi connectivity index (χ0n) is 25.6. The van der Waals surface area contributed by atoms with Crippen molar-refractivity contribution in [3.8, 4) is 5.69 Å². The molecule has 4 aromatic rings. The normalized spacial score (nSPS) is 16.2. The minimum atomic E-state index is -1.00. The van der Waals surface area contributed by atoms with Crippen LogP contribution in [0.3, 0.4) is 0 Å². The third-order valence-electron chi connectivity index (χ3n) is 9.08. The Balaban J connectivity index is 1.30. The number of carboxylic acid groups (broad SMARTS) is 1. The summed E-state index contributed by atoms with van der Waals surface area (Å²) in [6.45, 7) is 6.99. The second-order valence-corrected chi connectivity index (χ2v) is 11.9. The van der Waals surface area contributed by atoms with E-state index in [1.54, 1.807) is 10.6 Å². The van der Waals surface area contributed by atoms with Crippen molar-refractivity contribution in [2.45, 2.75) is 45.1 Å². The van der Waals surface area contributed by atoms with Crippen molar-refractivity contribution in [3.63, 3.8) is 0 Å². The molecule has 3 aromatic carbocycles. The van der Waals surface area contributed by atoms with E-state index < -0.39 is 5.97 Å². The van der Waals surface area contributed by atoms with Crippen LogP contribution in [0.1, 0.15) is 49.5 Å². The zero-order valence-corrected chi connectivity index (χ0v) is 25.6. The number of urea groups is 1. The van der Waals surface area contributed by atoms with Gasteiger partial charge in [0.05, 0.1) is 16.9 Å². The lowest BCUT2D eigenvalue weighted by Crippen LogP contribution is -2.44. The van der Waals surface area contributed by atoms with Crippen LogP contribution < -0.4 is 20.4 Å². The van der Waals surface area contributed by atoms with Gasteiger partial charge in [0.1, 0.15) is 5.69 Å². The molecule has 1 aromatic heterocycles. The maximum Gasteiger partial charge on any atom is 0.352 e. The van der Waals surface area contributed by atoms with Gasteiger partial charge in [0.2, 0.25) is 0 Å². The predicted molar refractivity (Wildman–Crippen MR) is 179 cm³/mol. The first-order valence-corrected chi connectivity index (χ1v) is 15.8. The maximum atomic E-state index is 13.5. The summed E-state index contributed by atoms with van der Waals surface area (Å²) in [5.74, 6) is -1.00. The van der Waals surface area contributed by atoms with Gasteiger partial charge in [-0.2, -0.15) is 0 Å². The molecule has 0 bridgehead atoms. The van der Waals surface area contributed by atoms with E-state index in [-0.39, 0.29) is 11.7 Å². The van der Waals surface area contributed by atoms with Crippen LogP contribution in [0.2, 0.25) is 0 Å². The summed E-state index contributed by atoms with van der Waals surface area (Å²) in [5.41, 5.74) is 5.11. The molecular weight excluding hydrogens is 552 g/mol. The highest BCUT2D eigenvalue weighted by Crippen LogP contribution is 2.36. The van der Waals surface area contributed by atoms with E-state index in [4.69, 9.17) is 0 Å². The number of benzene rings is 3. The SMILES string of the molecule is CCN(c1ccc(-n2c(C(=O)O)cc3ccccc32)cc1NC(=O)Nc1ccc(N2CCN(C)CC2)cc1)C1CCCCC1. The number of aromatic carboxylic acids is 1. The quantitative estimate of drug-likeness (QED) is 0.206. The molecule has 6 rings (SSSR count). The molecule has 1 saturated carbocycles. The highest BCUT2D eigenvalue weighted by molar-refractivity contribution is 6.03. The van der Waals surface area contributed by atoms with Crippen molar-refractivity contribution in [1.82, 2.24) is 9.47 Å². The monoisotopic (exact) mass is 594 g/mol. The van der Waals surface area contributed by atoms with Gasteiger partial charge in [-0.05, 0) is 81.4 Å². The number of nitrogens with zero attached hydrogens (tertiary/aromatic N) is 4. The van der Waals surface area contributed by atoms with Gasteiger partial charge in [0.15, 0.2) is 0 Å². The summed E-state index contributed by atoms with van der Waals surface area (Å²) in [7, 11) is 2.14. The number of amides is 2. The Labute approximate surface area is 259 Å². The summed E-state index contributed by atoms with van der Waals surface area (Å²) in [6.07, 6.45) is 5.89. The van der Waals surface area contributed by atoms with E-state index in [2.05, 4.69) is 51.4 Å². The number of fused-ring (bicyclic) bond motifs is 1. The molecule has 9 heteroatoms. The first kappa shape index (κ1) is 29.6. The number of hydrogen-bond acceptors (Lipinski definition) is 5. The first-order chi connectivity index (χ1) is 21.4. The molecule has 2 heterocycles. The molecule has 2 amide bonds. The van der Waals surface area contributed by atoms with Crippen LogP contribution in [0.5, 0.6) is 0 Å². The fourth-order valence-corrected chi connectivity index (χ4v) is 6.73. The van der Waals surface area contributed by atoms with Crippen LogP contribution >= 0.6 is 0 Å². The summed E-state index contributed by atoms with van der Waals surface area (Å²) < 4.78 is 1.75. The lowest BCUT2D eigenvalue weighted by molar-refractivity contribution is 0.0688. The van der Waals surface area contributed by atoms with Crippen LogP contribution in [0.4, 0.5) is 27.5 Å². The molecule has 0 unspecified atom stereocenters. The number of hydrogen-bond donors (Lipinski definition) is 3. The van der Waals surface area contributed by atoms with Crippen LogP contribution in [0, 0.1) is 0 Å². The van der Waals surface area contributed by atoms with E-state index in [1.165, 1.54) is 19.3 Å². The Kier molecular flexibility index (Phi) is 8.74. The standard InChI is InChI=1S/C35H42N6O3/c1-3-40(28-10-5-4-6-11-28)32-18-17-29(41-31-12-8-7-9-25(31)23-33(41)34(42)43)24-30(32)37-35(44)36-26-13-15-27(16-14-26)39-21-19-38(2)20-22-39/h7-9,12-18,23-24,28H,3-6,10-11,19-22H2,1-2H3,(H,42,43)(H2,36,37,44). The number of anilines is 4. The Bertz CT molecular complexity index is 1620. The van der Waals surface area contributed by atoms with Crippen molar-refractivity contribution in [1.29, 1.82) is 0 Å². The van der Waals surface area contributed by atoms with Gasteiger partial charge in [-0.1, -0.05) is 37.5 Å². The highest BCUT2D eigenvalue weighted by Gasteiger charge is 2.24. The zero-order chi connectivity index (χ0) is 30.6. The van der Waals surface area contributed by atoms with Crippen LogP contribution in [0.25, 0.3) is 16.6 Å². The topological polar surface area (TPSA) is 93.1 Å². The molecule has 1 aliphatic carbocycles. The molecule has 230 valence electrons. The second kappa shape index (κ2) is 13.0. The number of nitrogens with one attached hydrogen (secondary N) is 2. The molecule has 2 aliphatic rings. The van der Waals surface area contributed by atoms with Gasteiger partial charge < -0.3 is 35.0 Å². The Hall–Kier alpha value is -4.50. The fraction of sp³-hybridized carbons (Fsp3) is 0.371. The number of aromatic nitrogens is 1. The van der Waals surface area contributed by atoms with Gasteiger partial charge in [-0.25, -0.2) is 9.59 Å². The van der Waals surface area contributed by atoms with E-state index in [0.29, 0.717) is 23.1 Å². The lowest BCUT2D eigenvalue weighted by atomic mass is 9.93.